The van der Waals surface area contributed by atoms with Crippen molar-refractivity contribution in [3.63, 3.8) is 0 Å². The van der Waals surface area contributed by atoms with Crippen molar-refractivity contribution in [1.82, 2.24) is 16.0 Å². The molecule has 0 aliphatic heterocycles. The van der Waals surface area contributed by atoms with Gasteiger partial charge in [-0.2, -0.15) is 0 Å². The lowest BCUT2D eigenvalue weighted by Crippen LogP contribution is -2.58. The largest absolute Gasteiger partial charge is 0.508 e. The van der Waals surface area contributed by atoms with Gasteiger partial charge in [0.1, 0.15) is 29.6 Å². The molecule has 13 heteroatoms. The molecule has 41 heavy (non-hydrogen) atoms. The van der Waals surface area contributed by atoms with E-state index in [2.05, 4.69) is 16.0 Å². The van der Waals surface area contributed by atoms with Gasteiger partial charge in [-0.1, -0.05) is 38.1 Å². The van der Waals surface area contributed by atoms with Crippen LogP contribution in [0, 0.1) is 5.92 Å². The number of amides is 4. The summed E-state index contributed by atoms with van der Waals surface area (Å²) in [4.78, 5) is 62.6. The lowest BCUT2D eigenvalue weighted by Gasteiger charge is -2.25. The average molecular weight is 572 g/mol. The Morgan fingerprint density at radius 3 is 1.61 bits per heavy atom. The minimum atomic E-state index is -1.51. The Bertz CT molecular complexity index is 1220. The highest BCUT2D eigenvalue weighted by Crippen LogP contribution is 2.14. The Labute approximate surface area is 237 Å². The zero-order valence-electron chi connectivity index (χ0n) is 22.9. The lowest BCUT2D eigenvalue weighted by atomic mass is 10.0. The van der Waals surface area contributed by atoms with E-state index in [9.17, 15) is 39.3 Å². The molecule has 4 atom stereocenters. The molecular weight excluding hydrogens is 534 g/mol. The van der Waals surface area contributed by atoms with Gasteiger partial charge in [-0.25, -0.2) is 4.79 Å². The molecule has 4 unspecified atom stereocenters. The van der Waals surface area contributed by atoms with Crippen LogP contribution in [0.5, 0.6) is 11.5 Å². The van der Waals surface area contributed by atoms with Crippen LogP contribution >= 0.6 is 0 Å². The molecule has 0 aliphatic rings. The maximum Gasteiger partial charge on any atom is 0.326 e. The third kappa shape index (κ3) is 11.2. The van der Waals surface area contributed by atoms with Crippen LogP contribution in [0.25, 0.3) is 0 Å². The van der Waals surface area contributed by atoms with Gasteiger partial charge in [0, 0.05) is 6.42 Å². The SMILES string of the molecule is CC(C)CC(NC(=O)C(CC(N)=O)NC(=O)C(Cc1ccc(O)cc1)NC(=O)C(N)Cc1ccc(O)cc1)C(=O)O. The first-order chi connectivity index (χ1) is 19.2. The molecule has 2 aromatic carbocycles. The van der Waals surface area contributed by atoms with E-state index in [-0.39, 0.29) is 36.7 Å². The number of phenolic OH excluding ortho intramolecular Hbond substituents is 2. The predicted molar refractivity (Wildman–Crippen MR) is 148 cm³/mol. The molecule has 2 aromatic rings. The number of carboxylic acids is 1. The molecule has 4 amide bonds. The highest BCUT2D eigenvalue weighted by molar-refractivity contribution is 5.96. The first-order valence-electron chi connectivity index (χ1n) is 13.0. The normalized spacial score (nSPS) is 13.9. The number of hydrogen-bond acceptors (Lipinski definition) is 8. The summed E-state index contributed by atoms with van der Waals surface area (Å²) in [5.41, 5.74) is 12.6. The van der Waals surface area contributed by atoms with Crippen LogP contribution in [0.2, 0.25) is 0 Å². The molecular formula is C28H37N5O8. The number of carbonyl (C=O) groups is 5. The fourth-order valence-electron chi connectivity index (χ4n) is 3.98. The third-order valence-electron chi connectivity index (χ3n) is 6.10. The van der Waals surface area contributed by atoms with Crippen LogP contribution in [0.15, 0.2) is 48.5 Å². The van der Waals surface area contributed by atoms with Crippen LogP contribution in [0.4, 0.5) is 0 Å². The number of carbonyl (C=O) groups excluding carboxylic acids is 4. The van der Waals surface area contributed by atoms with Gasteiger partial charge >= 0.3 is 5.97 Å². The Kier molecular flexibility index (Phi) is 12.1. The van der Waals surface area contributed by atoms with Crippen LogP contribution < -0.4 is 27.4 Å². The summed E-state index contributed by atoms with van der Waals surface area (Å²) >= 11 is 0. The molecule has 2 rings (SSSR count). The zero-order valence-corrected chi connectivity index (χ0v) is 22.9. The molecule has 0 heterocycles. The van der Waals surface area contributed by atoms with Crippen molar-refractivity contribution in [2.45, 2.75) is 63.7 Å². The monoisotopic (exact) mass is 571 g/mol. The van der Waals surface area contributed by atoms with E-state index in [1.807, 2.05) is 0 Å². The number of nitrogens with one attached hydrogen (secondary N) is 3. The predicted octanol–water partition coefficient (Wildman–Crippen LogP) is -0.329. The number of nitrogens with two attached hydrogens (primary N) is 2. The fourth-order valence-corrected chi connectivity index (χ4v) is 3.98. The van der Waals surface area contributed by atoms with E-state index in [1.54, 1.807) is 26.0 Å². The molecule has 13 nitrogen and oxygen atoms in total. The van der Waals surface area contributed by atoms with E-state index in [1.165, 1.54) is 36.4 Å². The molecule has 0 aliphatic carbocycles. The van der Waals surface area contributed by atoms with Gasteiger partial charge in [0.05, 0.1) is 12.5 Å². The number of hydrogen-bond donors (Lipinski definition) is 8. The molecule has 0 radical (unpaired) electrons. The third-order valence-corrected chi connectivity index (χ3v) is 6.10. The van der Waals surface area contributed by atoms with Crippen molar-refractivity contribution in [3.8, 4) is 11.5 Å². The average Bonchev–Trinajstić information content (AvgIpc) is 2.89. The Morgan fingerprint density at radius 2 is 1.15 bits per heavy atom. The summed E-state index contributed by atoms with van der Waals surface area (Å²) in [6, 6.07) is 6.82. The van der Waals surface area contributed by atoms with Crippen molar-refractivity contribution >= 4 is 29.6 Å². The van der Waals surface area contributed by atoms with Gasteiger partial charge in [0.2, 0.25) is 23.6 Å². The summed E-state index contributed by atoms with van der Waals surface area (Å²) < 4.78 is 0. The minimum Gasteiger partial charge on any atom is -0.508 e. The van der Waals surface area contributed by atoms with Crippen LogP contribution in [-0.4, -0.2) is 69.1 Å². The standard InChI is InChI=1S/C28H37N5O8/c1-15(2)11-23(28(40)41)33-27(39)22(14-24(30)36)32-26(38)21(13-17-5-9-19(35)10-6-17)31-25(37)20(29)12-16-3-7-18(34)8-4-16/h3-10,15,20-23,34-35H,11-14,29H2,1-2H3,(H2,30,36)(H,31,37)(H,32,38)(H,33,39)(H,40,41). The van der Waals surface area contributed by atoms with E-state index >= 15 is 0 Å². The number of rotatable bonds is 15. The van der Waals surface area contributed by atoms with Gasteiger partial charge in [-0.3, -0.25) is 19.2 Å². The van der Waals surface area contributed by atoms with E-state index in [4.69, 9.17) is 11.5 Å². The highest BCUT2D eigenvalue weighted by Gasteiger charge is 2.31. The summed E-state index contributed by atoms with van der Waals surface area (Å²) in [6.07, 6.45) is -0.485. The van der Waals surface area contributed by atoms with Gasteiger partial charge in [-0.15, -0.1) is 0 Å². The number of primary amides is 1. The number of benzene rings is 2. The minimum absolute atomic E-state index is 0.0118. The van der Waals surface area contributed by atoms with E-state index < -0.39 is 60.2 Å². The maximum absolute atomic E-state index is 13.4. The molecule has 0 saturated carbocycles. The van der Waals surface area contributed by atoms with Crippen LogP contribution in [0.3, 0.4) is 0 Å². The Hall–Kier alpha value is -4.65. The van der Waals surface area contributed by atoms with Gasteiger partial charge in [0.25, 0.3) is 0 Å². The first kappa shape index (κ1) is 32.6. The smallest absolute Gasteiger partial charge is 0.326 e. The Balaban J connectivity index is 2.24. The maximum atomic E-state index is 13.4. The van der Waals surface area contributed by atoms with Crippen molar-refractivity contribution in [2.75, 3.05) is 0 Å². The molecule has 222 valence electrons. The van der Waals surface area contributed by atoms with Gasteiger partial charge < -0.3 is 42.7 Å². The molecule has 0 aromatic heterocycles. The Morgan fingerprint density at radius 1 is 0.707 bits per heavy atom. The second kappa shape index (κ2) is 15.2. The van der Waals surface area contributed by atoms with E-state index in [0.717, 1.165) is 0 Å². The zero-order chi connectivity index (χ0) is 30.7. The van der Waals surface area contributed by atoms with Crippen LogP contribution in [-0.2, 0) is 36.8 Å². The number of carboxylic acid groups (broad SMARTS) is 1. The first-order valence-corrected chi connectivity index (χ1v) is 13.0. The second-order valence-electron chi connectivity index (χ2n) is 10.2. The van der Waals surface area contributed by atoms with Crippen molar-refractivity contribution in [3.05, 3.63) is 59.7 Å². The van der Waals surface area contributed by atoms with Gasteiger partial charge in [-0.05, 0) is 54.2 Å². The fraction of sp³-hybridized carbons (Fsp3) is 0.393. The molecule has 0 bridgehead atoms. The summed E-state index contributed by atoms with van der Waals surface area (Å²) in [7, 11) is 0. The summed E-state index contributed by atoms with van der Waals surface area (Å²) in [6.45, 7) is 3.54. The topological polar surface area (TPSA) is 234 Å². The molecule has 0 saturated heterocycles. The van der Waals surface area contributed by atoms with Crippen molar-refractivity contribution < 1.29 is 39.3 Å². The molecule has 0 fully saturated rings. The summed E-state index contributed by atoms with van der Waals surface area (Å²) in [5.74, 6) is -4.70. The number of aliphatic carboxylic acids is 1. The van der Waals surface area contributed by atoms with E-state index in [0.29, 0.717) is 11.1 Å². The quantitative estimate of drug-likeness (QED) is 0.140. The summed E-state index contributed by atoms with van der Waals surface area (Å²) in [5, 5.41) is 35.8. The molecule has 0 spiro atoms. The van der Waals surface area contributed by atoms with Crippen molar-refractivity contribution in [1.29, 1.82) is 0 Å². The van der Waals surface area contributed by atoms with Crippen molar-refractivity contribution in [2.24, 2.45) is 17.4 Å². The highest BCUT2D eigenvalue weighted by atomic mass is 16.4. The lowest BCUT2D eigenvalue weighted by molar-refractivity contribution is -0.143. The number of aromatic hydroxyl groups is 2. The second-order valence-corrected chi connectivity index (χ2v) is 10.2. The van der Waals surface area contributed by atoms with Gasteiger partial charge in [0.15, 0.2) is 0 Å². The number of phenols is 2. The molecule has 10 N–H and O–H groups in total. The van der Waals surface area contributed by atoms with Crippen LogP contribution in [0.1, 0.15) is 37.8 Å².